The SMILES string of the molecule is CN1CCN(CCCCC(=O)N[C@@H](CSN=O)C(=O)O)CC1. The van der Waals surface area contributed by atoms with Crippen molar-refractivity contribution in [1.82, 2.24) is 15.1 Å². The normalized spacial score (nSPS) is 17.9. The van der Waals surface area contributed by atoms with Gasteiger partial charge in [-0.1, -0.05) is 0 Å². The molecule has 1 saturated heterocycles. The molecular formula is C13H24N4O4S. The van der Waals surface area contributed by atoms with Crippen LogP contribution in [0.1, 0.15) is 19.3 Å². The highest BCUT2D eigenvalue weighted by atomic mass is 32.2. The van der Waals surface area contributed by atoms with Gasteiger partial charge in [0.05, 0.1) is 0 Å². The van der Waals surface area contributed by atoms with Crippen LogP contribution in [0.4, 0.5) is 0 Å². The number of nitroso groups, excluding NO2 is 1. The van der Waals surface area contributed by atoms with Crippen molar-refractivity contribution >= 4 is 23.8 Å². The number of rotatable bonds is 10. The van der Waals surface area contributed by atoms with Gasteiger partial charge in [0.15, 0.2) is 0 Å². The Morgan fingerprint density at radius 1 is 1.27 bits per heavy atom. The Balaban J connectivity index is 2.14. The van der Waals surface area contributed by atoms with E-state index in [9.17, 15) is 14.5 Å². The van der Waals surface area contributed by atoms with Gasteiger partial charge in [-0.15, -0.1) is 4.91 Å². The van der Waals surface area contributed by atoms with Gasteiger partial charge in [-0.2, -0.15) is 0 Å². The largest absolute Gasteiger partial charge is 0.480 e. The Bertz CT molecular complexity index is 375. The first-order valence-electron chi connectivity index (χ1n) is 7.40. The van der Waals surface area contributed by atoms with Gasteiger partial charge in [0, 0.05) is 54.9 Å². The molecule has 0 aromatic carbocycles. The average molecular weight is 332 g/mol. The van der Waals surface area contributed by atoms with E-state index in [2.05, 4.69) is 26.7 Å². The molecule has 0 saturated carbocycles. The highest BCUT2D eigenvalue weighted by Gasteiger charge is 2.20. The summed E-state index contributed by atoms with van der Waals surface area (Å²) < 4.78 is 2.54. The highest BCUT2D eigenvalue weighted by Crippen LogP contribution is 2.06. The van der Waals surface area contributed by atoms with Crippen LogP contribution in [-0.2, 0) is 9.59 Å². The first-order valence-corrected chi connectivity index (χ1v) is 8.35. The van der Waals surface area contributed by atoms with E-state index < -0.39 is 12.0 Å². The molecule has 22 heavy (non-hydrogen) atoms. The Morgan fingerprint density at radius 2 is 1.95 bits per heavy atom. The second kappa shape index (κ2) is 10.5. The summed E-state index contributed by atoms with van der Waals surface area (Å²) in [4.78, 5) is 37.3. The van der Waals surface area contributed by atoms with Crippen LogP contribution in [0.2, 0.25) is 0 Å². The molecule has 0 aliphatic carbocycles. The Kier molecular flexibility index (Phi) is 9.02. The lowest BCUT2D eigenvalue weighted by Crippen LogP contribution is -2.44. The minimum atomic E-state index is -1.15. The Morgan fingerprint density at radius 3 is 2.55 bits per heavy atom. The minimum absolute atomic E-state index is 0.0497. The number of hydrogen-bond donors (Lipinski definition) is 2. The smallest absolute Gasteiger partial charge is 0.327 e. The fourth-order valence-electron chi connectivity index (χ4n) is 2.24. The fraction of sp³-hybridized carbons (Fsp3) is 0.846. The number of hydrogen-bond acceptors (Lipinski definition) is 7. The molecule has 0 bridgehead atoms. The van der Waals surface area contributed by atoms with E-state index in [-0.39, 0.29) is 11.7 Å². The van der Waals surface area contributed by atoms with E-state index in [0.717, 1.165) is 45.6 Å². The van der Waals surface area contributed by atoms with Crippen molar-refractivity contribution in [1.29, 1.82) is 0 Å². The fourth-order valence-corrected chi connectivity index (χ4v) is 2.67. The molecule has 1 atom stereocenters. The highest BCUT2D eigenvalue weighted by molar-refractivity contribution is 7.97. The zero-order valence-corrected chi connectivity index (χ0v) is 13.7. The molecule has 1 aliphatic heterocycles. The summed E-state index contributed by atoms with van der Waals surface area (Å²) in [6.45, 7) is 5.22. The molecule has 0 spiro atoms. The molecule has 1 amide bonds. The quantitative estimate of drug-likeness (QED) is 0.339. The first-order chi connectivity index (χ1) is 10.5. The van der Waals surface area contributed by atoms with Gasteiger partial charge in [0.2, 0.25) is 5.91 Å². The molecule has 0 aromatic heterocycles. The molecule has 0 aromatic rings. The number of carboxylic acid groups (broad SMARTS) is 1. The lowest BCUT2D eigenvalue weighted by molar-refractivity contribution is -0.141. The van der Waals surface area contributed by atoms with Gasteiger partial charge in [-0.25, -0.2) is 4.79 Å². The summed E-state index contributed by atoms with van der Waals surface area (Å²) in [5.74, 6) is -1.49. The number of amides is 1. The first kappa shape index (κ1) is 18.9. The predicted molar refractivity (Wildman–Crippen MR) is 85.6 cm³/mol. The lowest BCUT2D eigenvalue weighted by Gasteiger charge is -2.32. The van der Waals surface area contributed by atoms with Crippen molar-refractivity contribution in [3.8, 4) is 0 Å². The number of aliphatic carboxylic acids is 1. The summed E-state index contributed by atoms with van der Waals surface area (Å²) in [5.41, 5.74) is 0. The molecule has 126 valence electrons. The van der Waals surface area contributed by atoms with E-state index in [1.165, 1.54) is 0 Å². The van der Waals surface area contributed by atoms with E-state index in [4.69, 9.17) is 5.11 Å². The summed E-state index contributed by atoms with van der Waals surface area (Å²) in [5, 5.41) is 11.3. The van der Waals surface area contributed by atoms with Gasteiger partial charge in [0.1, 0.15) is 6.04 Å². The number of nitrogens with zero attached hydrogens (tertiary/aromatic N) is 3. The minimum Gasteiger partial charge on any atom is -0.480 e. The maximum Gasteiger partial charge on any atom is 0.327 e. The van der Waals surface area contributed by atoms with Crippen LogP contribution < -0.4 is 5.32 Å². The molecule has 1 heterocycles. The average Bonchev–Trinajstić information content (AvgIpc) is 2.49. The number of piperazine rings is 1. The molecule has 0 unspecified atom stereocenters. The van der Waals surface area contributed by atoms with E-state index in [1.54, 1.807) is 0 Å². The van der Waals surface area contributed by atoms with Gasteiger partial charge < -0.3 is 20.2 Å². The third kappa shape index (κ3) is 7.71. The number of nitrogens with one attached hydrogen (secondary N) is 1. The molecular weight excluding hydrogens is 308 g/mol. The summed E-state index contributed by atoms with van der Waals surface area (Å²) >= 11 is 0.597. The van der Waals surface area contributed by atoms with Crippen molar-refractivity contribution in [2.75, 3.05) is 45.5 Å². The predicted octanol–water partition coefficient (Wildman–Crippen LogP) is 0.388. The Labute approximate surface area is 134 Å². The topological polar surface area (TPSA) is 102 Å². The molecule has 0 radical (unpaired) electrons. The summed E-state index contributed by atoms with van der Waals surface area (Å²) in [6, 6.07) is -1.06. The Hall–Kier alpha value is -1.19. The molecule has 8 nitrogen and oxygen atoms in total. The van der Waals surface area contributed by atoms with Crippen LogP contribution in [0.25, 0.3) is 0 Å². The van der Waals surface area contributed by atoms with Crippen molar-refractivity contribution in [3.63, 3.8) is 0 Å². The van der Waals surface area contributed by atoms with Crippen molar-refractivity contribution in [2.45, 2.75) is 25.3 Å². The van der Waals surface area contributed by atoms with Gasteiger partial charge in [-0.3, -0.25) is 4.79 Å². The van der Waals surface area contributed by atoms with Crippen LogP contribution in [0.3, 0.4) is 0 Å². The van der Waals surface area contributed by atoms with Crippen LogP contribution in [0.5, 0.6) is 0 Å². The zero-order valence-electron chi connectivity index (χ0n) is 12.9. The van der Waals surface area contributed by atoms with Gasteiger partial charge in [-0.05, 0) is 26.4 Å². The summed E-state index contributed by atoms with van der Waals surface area (Å²) in [6.07, 6.45) is 1.94. The number of unbranched alkanes of at least 4 members (excludes halogenated alkanes) is 1. The lowest BCUT2D eigenvalue weighted by atomic mass is 10.2. The monoisotopic (exact) mass is 332 g/mol. The van der Waals surface area contributed by atoms with Crippen LogP contribution >= 0.6 is 11.9 Å². The maximum absolute atomic E-state index is 11.7. The van der Waals surface area contributed by atoms with Crippen LogP contribution in [0, 0.1) is 4.91 Å². The van der Waals surface area contributed by atoms with Crippen LogP contribution in [0.15, 0.2) is 4.58 Å². The zero-order chi connectivity index (χ0) is 16.4. The third-order valence-corrected chi connectivity index (χ3v) is 4.24. The number of likely N-dealkylation sites (N-methyl/N-ethyl adjacent to an activating group) is 1. The van der Waals surface area contributed by atoms with E-state index >= 15 is 0 Å². The molecule has 1 aliphatic rings. The molecule has 2 N–H and O–H groups in total. The third-order valence-electron chi connectivity index (χ3n) is 3.65. The maximum atomic E-state index is 11.7. The number of carbonyl (C=O) groups excluding carboxylic acids is 1. The van der Waals surface area contributed by atoms with E-state index in [1.807, 2.05) is 0 Å². The molecule has 1 fully saturated rings. The molecule has 1 rings (SSSR count). The van der Waals surface area contributed by atoms with Crippen molar-refractivity contribution in [2.24, 2.45) is 4.58 Å². The van der Waals surface area contributed by atoms with Gasteiger partial charge in [0.25, 0.3) is 0 Å². The second-order valence-electron chi connectivity index (χ2n) is 5.43. The van der Waals surface area contributed by atoms with E-state index in [0.29, 0.717) is 18.4 Å². The van der Waals surface area contributed by atoms with Crippen molar-refractivity contribution < 1.29 is 14.7 Å². The number of carboxylic acids is 1. The van der Waals surface area contributed by atoms with Crippen LogP contribution in [-0.4, -0.2) is 78.3 Å². The molecule has 9 heteroatoms. The standard InChI is InChI=1S/C13H24N4O4S/c1-16-6-8-17(9-7-16)5-3-2-4-12(18)14-11(13(19)20)10-22-15-21/h11H,2-10H2,1H3,(H,14,18)(H,19,20)/t11-/m0/s1. The number of carbonyl (C=O) groups is 2. The van der Waals surface area contributed by atoms with Gasteiger partial charge >= 0.3 is 5.97 Å². The van der Waals surface area contributed by atoms with Crippen molar-refractivity contribution in [3.05, 3.63) is 4.91 Å². The summed E-state index contributed by atoms with van der Waals surface area (Å²) in [7, 11) is 2.11. The second-order valence-corrected chi connectivity index (χ2v) is 6.17.